The van der Waals surface area contributed by atoms with Gasteiger partial charge < -0.3 is 14.9 Å². The second kappa shape index (κ2) is 9.20. The summed E-state index contributed by atoms with van der Waals surface area (Å²) in [4.78, 5) is 36.9. The topological polar surface area (TPSA) is 104 Å². The number of hydrogen-bond acceptors (Lipinski definition) is 6. The van der Waals surface area contributed by atoms with Crippen molar-refractivity contribution >= 4 is 52.2 Å². The Bertz CT molecular complexity index is 837. The molecule has 150 valence electrons. The predicted molar refractivity (Wildman–Crippen MR) is 110 cm³/mol. The van der Waals surface area contributed by atoms with Crippen LogP contribution >= 0.6 is 24.0 Å². The molecule has 2 N–H and O–H groups in total. The molecule has 1 amide bonds. The van der Waals surface area contributed by atoms with Gasteiger partial charge >= 0.3 is 11.9 Å². The SMILES string of the molecule is CCC(C)C(C(=O)O)N1C(=O)/C(=C/c2cccc(OC(C)C(=O)O)c2)SC1=S. The Morgan fingerprint density at radius 2 is 1.96 bits per heavy atom. The first-order valence-corrected chi connectivity index (χ1v) is 9.87. The van der Waals surface area contributed by atoms with E-state index in [2.05, 4.69) is 0 Å². The van der Waals surface area contributed by atoms with E-state index in [0.717, 1.165) is 16.7 Å². The van der Waals surface area contributed by atoms with Gasteiger partial charge in [-0.1, -0.05) is 56.4 Å². The number of ether oxygens (including phenoxy) is 1. The minimum atomic E-state index is -1.09. The number of hydrogen-bond donors (Lipinski definition) is 2. The summed E-state index contributed by atoms with van der Waals surface area (Å²) in [7, 11) is 0. The number of rotatable bonds is 8. The molecule has 3 unspecified atom stereocenters. The van der Waals surface area contributed by atoms with Crippen LogP contribution in [0.5, 0.6) is 5.75 Å². The average Bonchev–Trinajstić information content (AvgIpc) is 2.89. The lowest BCUT2D eigenvalue weighted by molar-refractivity contribution is -0.147. The van der Waals surface area contributed by atoms with Crippen molar-refractivity contribution in [1.29, 1.82) is 0 Å². The molecule has 0 radical (unpaired) electrons. The van der Waals surface area contributed by atoms with Gasteiger partial charge in [0.05, 0.1) is 4.91 Å². The third kappa shape index (κ3) is 4.90. The number of carbonyl (C=O) groups is 3. The van der Waals surface area contributed by atoms with Crippen molar-refractivity contribution < 1.29 is 29.3 Å². The fourth-order valence-corrected chi connectivity index (χ4v) is 3.96. The van der Waals surface area contributed by atoms with Crippen LogP contribution in [0.4, 0.5) is 0 Å². The fraction of sp³-hybridized carbons (Fsp3) is 0.368. The summed E-state index contributed by atoms with van der Waals surface area (Å²) in [6, 6.07) is 5.61. The summed E-state index contributed by atoms with van der Waals surface area (Å²) in [5, 5.41) is 18.5. The first-order chi connectivity index (χ1) is 13.1. The van der Waals surface area contributed by atoms with Gasteiger partial charge in [0.2, 0.25) is 0 Å². The number of carbonyl (C=O) groups excluding carboxylic acids is 1. The minimum absolute atomic E-state index is 0.204. The molecule has 9 heteroatoms. The maximum atomic E-state index is 12.8. The molecule has 0 saturated carbocycles. The van der Waals surface area contributed by atoms with Crippen molar-refractivity contribution in [2.45, 2.75) is 39.3 Å². The zero-order chi connectivity index (χ0) is 21.0. The van der Waals surface area contributed by atoms with Crippen LogP contribution in [0.15, 0.2) is 29.2 Å². The summed E-state index contributed by atoms with van der Waals surface area (Å²) in [6.45, 7) is 5.05. The molecule has 1 aromatic rings. The van der Waals surface area contributed by atoms with Gasteiger partial charge in [0.15, 0.2) is 6.10 Å². The number of benzene rings is 1. The number of carboxylic acids is 2. The van der Waals surface area contributed by atoms with E-state index in [4.69, 9.17) is 22.1 Å². The number of thioether (sulfide) groups is 1. The standard InChI is InChI=1S/C19H21NO6S2/c1-4-10(2)15(18(24)25)20-16(21)14(28-19(20)27)9-12-6-5-7-13(8-12)26-11(3)17(22)23/h5-11,15H,4H2,1-3H3,(H,22,23)(H,24,25)/b14-9-. The van der Waals surface area contributed by atoms with Crippen LogP contribution in [0.1, 0.15) is 32.8 Å². The van der Waals surface area contributed by atoms with Crippen molar-refractivity contribution in [2.75, 3.05) is 0 Å². The number of thiocarbonyl (C=S) groups is 1. The number of amides is 1. The van der Waals surface area contributed by atoms with E-state index < -0.39 is 30.0 Å². The third-order valence-electron chi connectivity index (χ3n) is 4.35. The normalized spacial score (nSPS) is 18.8. The Kier molecular flexibility index (Phi) is 7.20. The zero-order valence-electron chi connectivity index (χ0n) is 15.6. The highest BCUT2D eigenvalue weighted by atomic mass is 32.2. The maximum Gasteiger partial charge on any atom is 0.344 e. The highest BCUT2D eigenvalue weighted by Crippen LogP contribution is 2.36. The van der Waals surface area contributed by atoms with Gasteiger partial charge in [0.25, 0.3) is 5.91 Å². The van der Waals surface area contributed by atoms with Crippen molar-refractivity contribution in [3.05, 3.63) is 34.7 Å². The molecule has 7 nitrogen and oxygen atoms in total. The maximum absolute atomic E-state index is 12.8. The van der Waals surface area contributed by atoms with E-state index in [1.165, 1.54) is 6.92 Å². The van der Waals surface area contributed by atoms with E-state index >= 15 is 0 Å². The number of carboxylic acid groups (broad SMARTS) is 2. The molecule has 0 spiro atoms. The van der Waals surface area contributed by atoms with Crippen LogP contribution in [0, 0.1) is 5.92 Å². The fourth-order valence-electron chi connectivity index (χ4n) is 2.63. The molecule has 1 aliphatic heterocycles. The van der Waals surface area contributed by atoms with E-state index in [0.29, 0.717) is 22.6 Å². The summed E-state index contributed by atoms with van der Waals surface area (Å²) >= 11 is 6.30. The van der Waals surface area contributed by atoms with Gasteiger partial charge in [0.1, 0.15) is 16.1 Å². The quantitative estimate of drug-likeness (QED) is 0.485. The Labute approximate surface area is 172 Å². The molecule has 0 aromatic heterocycles. The van der Waals surface area contributed by atoms with Crippen LogP contribution < -0.4 is 4.74 Å². The Morgan fingerprint density at radius 3 is 2.54 bits per heavy atom. The molecule has 1 heterocycles. The lowest BCUT2D eigenvalue weighted by Gasteiger charge is -2.27. The molecule has 1 saturated heterocycles. The van der Waals surface area contributed by atoms with Crippen LogP contribution in [0.25, 0.3) is 6.08 Å². The second-order valence-electron chi connectivity index (χ2n) is 6.39. The smallest absolute Gasteiger partial charge is 0.344 e. The molecular formula is C19H21NO6S2. The molecule has 0 bridgehead atoms. The summed E-state index contributed by atoms with van der Waals surface area (Å²) in [5.41, 5.74) is 0.617. The lowest BCUT2D eigenvalue weighted by atomic mass is 9.98. The van der Waals surface area contributed by atoms with E-state index in [1.54, 1.807) is 37.3 Å². The van der Waals surface area contributed by atoms with Gasteiger partial charge in [-0.25, -0.2) is 9.59 Å². The molecular weight excluding hydrogens is 402 g/mol. The monoisotopic (exact) mass is 423 g/mol. The Morgan fingerprint density at radius 1 is 1.29 bits per heavy atom. The molecule has 0 aliphatic carbocycles. The average molecular weight is 424 g/mol. The highest BCUT2D eigenvalue weighted by Gasteiger charge is 2.42. The molecule has 28 heavy (non-hydrogen) atoms. The van der Waals surface area contributed by atoms with Crippen LogP contribution in [0.2, 0.25) is 0 Å². The Hall–Kier alpha value is -2.39. The first-order valence-electron chi connectivity index (χ1n) is 8.65. The molecule has 1 aliphatic rings. The van der Waals surface area contributed by atoms with Crippen LogP contribution in [-0.4, -0.2) is 49.4 Å². The molecule has 1 fully saturated rings. The van der Waals surface area contributed by atoms with E-state index in [-0.39, 0.29) is 10.2 Å². The van der Waals surface area contributed by atoms with Crippen molar-refractivity contribution in [3.8, 4) is 5.75 Å². The van der Waals surface area contributed by atoms with Gasteiger partial charge in [0, 0.05) is 0 Å². The zero-order valence-corrected chi connectivity index (χ0v) is 17.3. The van der Waals surface area contributed by atoms with E-state index in [9.17, 15) is 19.5 Å². The first kappa shape index (κ1) is 21.9. The minimum Gasteiger partial charge on any atom is -0.480 e. The van der Waals surface area contributed by atoms with Gasteiger partial charge in [-0.05, 0) is 36.6 Å². The third-order valence-corrected chi connectivity index (χ3v) is 5.68. The van der Waals surface area contributed by atoms with Crippen LogP contribution in [0.3, 0.4) is 0 Å². The number of aliphatic carboxylic acids is 2. The summed E-state index contributed by atoms with van der Waals surface area (Å²) in [6.07, 6.45) is 1.17. The lowest BCUT2D eigenvalue weighted by Crippen LogP contribution is -2.47. The number of nitrogens with zero attached hydrogens (tertiary/aromatic N) is 1. The molecule has 3 atom stereocenters. The van der Waals surface area contributed by atoms with Crippen molar-refractivity contribution in [3.63, 3.8) is 0 Å². The molecule has 1 aromatic carbocycles. The molecule has 2 rings (SSSR count). The largest absolute Gasteiger partial charge is 0.480 e. The summed E-state index contributed by atoms with van der Waals surface area (Å²) in [5.74, 6) is -2.54. The van der Waals surface area contributed by atoms with Gasteiger partial charge in [-0.15, -0.1) is 0 Å². The van der Waals surface area contributed by atoms with Crippen LogP contribution in [-0.2, 0) is 14.4 Å². The van der Waals surface area contributed by atoms with Gasteiger partial charge in [-0.3, -0.25) is 9.69 Å². The summed E-state index contributed by atoms with van der Waals surface area (Å²) < 4.78 is 5.54. The highest BCUT2D eigenvalue weighted by molar-refractivity contribution is 8.26. The second-order valence-corrected chi connectivity index (χ2v) is 8.07. The Balaban J connectivity index is 2.28. The predicted octanol–water partition coefficient (Wildman–Crippen LogP) is 3.24. The van der Waals surface area contributed by atoms with Crippen molar-refractivity contribution in [2.24, 2.45) is 5.92 Å². The van der Waals surface area contributed by atoms with Gasteiger partial charge in [-0.2, -0.15) is 0 Å². The van der Waals surface area contributed by atoms with E-state index in [1.807, 2.05) is 6.92 Å². The van der Waals surface area contributed by atoms with Crippen molar-refractivity contribution in [1.82, 2.24) is 4.90 Å².